The van der Waals surface area contributed by atoms with E-state index in [4.69, 9.17) is 9.90 Å². The average Bonchev–Trinajstić information content (AvgIpc) is 2.60. The van der Waals surface area contributed by atoms with Gasteiger partial charge in [0.1, 0.15) is 0 Å². The summed E-state index contributed by atoms with van der Waals surface area (Å²) in [6, 6.07) is 0.502. The van der Waals surface area contributed by atoms with Crippen LogP contribution in [-0.2, 0) is 14.4 Å². The van der Waals surface area contributed by atoms with Gasteiger partial charge in [-0.25, -0.2) is 0 Å². The second kappa shape index (κ2) is 9.75. The summed E-state index contributed by atoms with van der Waals surface area (Å²) in [4.78, 5) is 38.7. The van der Waals surface area contributed by atoms with Crippen molar-refractivity contribution in [2.75, 3.05) is 39.8 Å². The lowest BCUT2D eigenvalue weighted by molar-refractivity contribution is -0.140. The summed E-state index contributed by atoms with van der Waals surface area (Å²) < 4.78 is 0. The molecular weight excluding hydrogens is 322 g/mol. The van der Waals surface area contributed by atoms with Crippen molar-refractivity contribution in [3.8, 4) is 0 Å². The molecule has 1 unspecified atom stereocenters. The molecule has 7 heteroatoms. The van der Waals surface area contributed by atoms with Crippen molar-refractivity contribution < 1.29 is 19.5 Å². The van der Waals surface area contributed by atoms with E-state index in [-0.39, 0.29) is 12.4 Å². The molecule has 0 spiro atoms. The fourth-order valence-corrected chi connectivity index (χ4v) is 4.28. The Morgan fingerprint density at radius 2 is 1.76 bits per heavy atom. The predicted molar refractivity (Wildman–Crippen MR) is 94.1 cm³/mol. The number of carboxylic acid groups (broad SMARTS) is 1. The van der Waals surface area contributed by atoms with Crippen molar-refractivity contribution in [1.29, 1.82) is 0 Å². The zero-order valence-corrected chi connectivity index (χ0v) is 15.2. The van der Waals surface area contributed by atoms with E-state index in [2.05, 4.69) is 9.80 Å². The average molecular weight is 353 g/mol. The number of carbonyl (C=O) groups excluding carboxylic acids is 2. The Hall–Kier alpha value is -1.63. The second-order valence-corrected chi connectivity index (χ2v) is 7.40. The van der Waals surface area contributed by atoms with Gasteiger partial charge >= 0.3 is 0 Å². The molecule has 2 heterocycles. The molecule has 2 amide bonds. The lowest BCUT2D eigenvalue weighted by Crippen LogP contribution is -2.55. The molecule has 1 saturated carbocycles. The van der Waals surface area contributed by atoms with Gasteiger partial charge in [-0.15, -0.1) is 0 Å². The van der Waals surface area contributed by atoms with Gasteiger partial charge in [0.25, 0.3) is 6.47 Å². The maximum Gasteiger partial charge on any atom is 0.290 e. The molecule has 3 fully saturated rings. The Balaban J connectivity index is 0.000000701. The molecule has 0 radical (unpaired) electrons. The van der Waals surface area contributed by atoms with Crippen LogP contribution in [0.5, 0.6) is 0 Å². The van der Waals surface area contributed by atoms with Crippen molar-refractivity contribution in [2.45, 2.75) is 51.0 Å². The summed E-state index contributed by atoms with van der Waals surface area (Å²) in [5.74, 6) is 1.10. The van der Waals surface area contributed by atoms with Gasteiger partial charge in [-0.3, -0.25) is 19.3 Å². The molecule has 3 aliphatic rings. The maximum atomic E-state index is 12.5. The summed E-state index contributed by atoms with van der Waals surface area (Å²) in [5.41, 5.74) is 0. The van der Waals surface area contributed by atoms with Gasteiger partial charge in [0, 0.05) is 45.7 Å². The van der Waals surface area contributed by atoms with E-state index in [0.717, 1.165) is 32.6 Å². The van der Waals surface area contributed by atoms with E-state index in [1.165, 1.54) is 32.1 Å². The molecule has 7 nitrogen and oxygen atoms in total. The van der Waals surface area contributed by atoms with Crippen molar-refractivity contribution in [3.63, 3.8) is 0 Å². The molecule has 0 bridgehead atoms. The molecule has 1 atom stereocenters. The Kier molecular flexibility index (Phi) is 7.68. The zero-order valence-electron chi connectivity index (χ0n) is 15.2. The molecule has 0 aromatic carbocycles. The number of nitrogens with zero attached hydrogens (tertiary/aromatic N) is 3. The van der Waals surface area contributed by atoms with Gasteiger partial charge in [0.15, 0.2) is 0 Å². The molecule has 2 aliphatic heterocycles. The van der Waals surface area contributed by atoms with Crippen LogP contribution in [0.2, 0.25) is 0 Å². The summed E-state index contributed by atoms with van der Waals surface area (Å²) in [6.45, 7) is 4.02. The van der Waals surface area contributed by atoms with Crippen molar-refractivity contribution in [2.24, 2.45) is 5.92 Å². The maximum absolute atomic E-state index is 12.5. The lowest BCUT2D eigenvalue weighted by atomic mass is 9.93. The van der Waals surface area contributed by atoms with E-state index < -0.39 is 0 Å². The Morgan fingerprint density at radius 3 is 2.36 bits per heavy atom. The number of piperidine rings is 1. The van der Waals surface area contributed by atoms with Crippen LogP contribution in [0, 0.1) is 5.92 Å². The number of likely N-dealkylation sites (tertiary alicyclic amines) is 1. The molecule has 25 heavy (non-hydrogen) atoms. The van der Waals surface area contributed by atoms with Gasteiger partial charge in [0.05, 0.1) is 6.54 Å². The standard InChI is InChI=1S/C17H29N3O2.CH2O2/c1-18-11-14(7-8-16(18)21)12-19-9-10-20(17(22)13-19)15-5-3-2-4-6-15;2-1-3/h14-15H,2-13H2,1H3;1H,(H,2,3). The first kappa shape index (κ1) is 19.7. The van der Waals surface area contributed by atoms with Gasteiger partial charge in [-0.05, 0) is 25.2 Å². The fraction of sp³-hybridized carbons (Fsp3) is 0.833. The molecular formula is C18H31N3O4. The summed E-state index contributed by atoms with van der Waals surface area (Å²) in [5, 5.41) is 6.89. The largest absolute Gasteiger partial charge is 0.483 e. The highest BCUT2D eigenvalue weighted by atomic mass is 16.3. The Labute approximate surface area is 149 Å². The highest BCUT2D eigenvalue weighted by Crippen LogP contribution is 2.25. The van der Waals surface area contributed by atoms with E-state index >= 15 is 0 Å². The number of rotatable bonds is 3. The molecule has 1 aliphatic carbocycles. The first-order valence-corrected chi connectivity index (χ1v) is 9.38. The third kappa shape index (κ3) is 5.70. The monoisotopic (exact) mass is 353 g/mol. The van der Waals surface area contributed by atoms with Gasteiger partial charge in [0.2, 0.25) is 11.8 Å². The lowest BCUT2D eigenvalue weighted by Gasteiger charge is -2.42. The fourth-order valence-electron chi connectivity index (χ4n) is 4.28. The molecule has 3 rings (SSSR count). The summed E-state index contributed by atoms with van der Waals surface area (Å²) in [7, 11) is 1.89. The van der Waals surface area contributed by atoms with Crippen LogP contribution < -0.4 is 0 Å². The third-order valence-electron chi connectivity index (χ3n) is 5.59. The number of amides is 2. The van der Waals surface area contributed by atoms with Gasteiger partial charge < -0.3 is 14.9 Å². The van der Waals surface area contributed by atoms with Crippen LogP contribution in [0.1, 0.15) is 44.9 Å². The zero-order chi connectivity index (χ0) is 18.2. The number of piperazine rings is 1. The molecule has 2 saturated heterocycles. The normalized spacial score (nSPS) is 26.2. The van der Waals surface area contributed by atoms with E-state index in [1.54, 1.807) is 0 Å². The Morgan fingerprint density at radius 1 is 1.08 bits per heavy atom. The minimum absolute atomic E-state index is 0.250. The van der Waals surface area contributed by atoms with E-state index in [1.807, 2.05) is 11.9 Å². The third-order valence-corrected chi connectivity index (χ3v) is 5.59. The molecule has 0 aromatic rings. The van der Waals surface area contributed by atoms with Gasteiger partial charge in [-0.2, -0.15) is 0 Å². The molecule has 1 N–H and O–H groups in total. The Bertz CT molecular complexity index is 465. The minimum atomic E-state index is -0.250. The van der Waals surface area contributed by atoms with Crippen LogP contribution >= 0.6 is 0 Å². The van der Waals surface area contributed by atoms with Crippen LogP contribution in [0.25, 0.3) is 0 Å². The van der Waals surface area contributed by atoms with E-state index in [9.17, 15) is 9.59 Å². The van der Waals surface area contributed by atoms with Crippen LogP contribution in [-0.4, -0.2) is 83.9 Å². The summed E-state index contributed by atoms with van der Waals surface area (Å²) >= 11 is 0. The quantitative estimate of drug-likeness (QED) is 0.767. The van der Waals surface area contributed by atoms with Crippen LogP contribution in [0.15, 0.2) is 0 Å². The van der Waals surface area contributed by atoms with Crippen molar-refractivity contribution in [3.05, 3.63) is 0 Å². The highest BCUT2D eigenvalue weighted by molar-refractivity contribution is 5.79. The SMILES string of the molecule is CN1CC(CN2CCN(C3CCCCC3)C(=O)C2)CCC1=O.O=CO. The first-order valence-electron chi connectivity index (χ1n) is 9.38. The molecule has 142 valence electrons. The topological polar surface area (TPSA) is 81.2 Å². The van der Waals surface area contributed by atoms with Gasteiger partial charge in [-0.1, -0.05) is 19.3 Å². The van der Waals surface area contributed by atoms with Crippen molar-refractivity contribution >= 4 is 18.3 Å². The molecule has 0 aromatic heterocycles. The second-order valence-electron chi connectivity index (χ2n) is 7.40. The van der Waals surface area contributed by atoms with Crippen LogP contribution in [0.4, 0.5) is 0 Å². The van der Waals surface area contributed by atoms with E-state index in [0.29, 0.717) is 30.8 Å². The predicted octanol–water partition coefficient (Wildman–Crippen LogP) is 1.03. The summed E-state index contributed by atoms with van der Waals surface area (Å²) in [6.07, 6.45) is 7.92. The number of carbonyl (C=O) groups is 3. The van der Waals surface area contributed by atoms with Crippen LogP contribution in [0.3, 0.4) is 0 Å². The number of hydrogen-bond acceptors (Lipinski definition) is 4. The van der Waals surface area contributed by atoms with Crippen molar-refractivity contribution in [1.82, 2.24) is 14.7 Å². The smallest absolute Gasteiger partial charge is 0.290 e. The highest BCUT2D eigenvalue weighted by Gasteiger charge is 2.32. The first-order chi connectivity index (χ1) is 12.0. The minimum Gasteiger partial charge on any atom is -0.483 e. The number of hydrogen-bond donors (Lipinski definition) is 1.